The first-order valence-corrected chi connectivity index (χ1v) is 3.46. The van der Waals surface area contributed by atoms with Crippen molar-refractivity contribution in [1.29, 1.82) is 0 Å². The lowest BCUT2D eigenvalue weighted by molar-refractivity contribution is -0.139. The van der Waals surface area contributed by atoms with E-state index in [4.69, 9.17) is 10.8 Å². The van der Waals surface area contributed by atoms with E-state index in [1.54, 1.807) is 13.8 Å². The maximum absolute atomic E-state index is 11.0. The second-order valence-corrected chi connectivity index (χ2v) is 2.76. The van der Waals surface area contributed by atoms with Crippen molar-refractivity contribution in [2.45, 2.75) is 33.7 Å². The minimum atomic E-state index is -1.04. The summed E-state index contributed by atoms with van der Waals surface area (Å²) in [6.07, 6.45) is -0.281. The number of ketones is 1. The van der Waals surface area contributed by atoms with Crippen LogP contribution in [0, 0.1) is 5.92 Å². The van der Waals surface area contributed by atoms with Crippen LogP contribution < -0.4 is 5.73 Å². The number of rotatable bonds is 4. The molecular weight excluding hydrogens is 158 g/mol. The highest BCUT2D eigenvalue weighted by molar-refractivity contribution is 5.88. The van der Waals surface area contributed by atoms with Crippen LogP contribution in [-0.2, 0) is 9.59 Å². The Hall–Kier alpha value is -0.900. The van der Waals surface area contributed by atoms with Crippen LogP contribution in [0.3, 0.4) is 0 Å². The number of carboxylic acid groups (broad SMARTS) is 1. The van der Waals surface area contributed by atoms with Crippen LogP contribution in [0.15, 0.2) is 0 Å². The molecule has 0 aromatic carbocycles. The van der Waals surface area contributed by atoms with Crippen molar-refractivity contribution in [3.8, 4) is 0 Å². The number of nitrogens with two attached hydrogens (primary N) is 1. The smallest absolute Gasteiger partial charge is 0.305 e. The fraction of sp³-hybridized carbons (Fsp3) is 0.750. The number of carboxylic acids is 1. The third kappa shape index (κ3) is 4.85. The number of hydrogen-bond donors (Lipinski definition) is 2. The molecule has 4 heteroatoms. The van der Waals surface area contributed by atoms with E-state index in [0.29, 0.717) is 0 Å². The van der Waals surface area contributed by atoms with E-state index in [1.807, 2.05) is 0 Å². The summed E-state index contributed by atoms with van der Waals surface area (Å²) in [4.78, 5) is 21.1. The van der Waals surface area contributed by atoms with E-state index in [1.165, 1.54) is 0 Å². The van der Waals surface area contributed by atoms with Gasteiger partial charge in [0, 0.05) is 5.92 Å². The number of hydrogen-bond acceptors (Lipinski definition) is 3. The molecule has 12 heavy (non-hydrogen) atoms. The third-order valence-electron chi connectivity index (χ3n) is 1.33. The second kappa shape index (κ2) is 5.71. The van der Waals surface area contributed by atoms with Gasteiger partial charge in [0.1, 0.15) is 0 Å². The van der Waals surface area contributed by atoms with Crippen molar-refractivity contribution < 1.29 is 14.7 Å². The molecule has 0 fully saturated rings. The van der Waals surface area contributed by atoms with E-state index < -0.39 is 12.0 Å². The van der Waals surface area contributed by atoms with Gasteiger partial charge in [0.15, 0.2) is 5.78 Å². The van der Waals surface area contributed by atoms with E-state index >= 15 is 0 Å². The van der Waals surface area contributed by atoms with Gasteiger partial charge >= 0.3 is 5.97 Å². The lowest BCUT2D eigenvalue weighted by Gasteiger charge is -2.09. The molecule has 0 unspecified atom stereocenters. The van der Waals surface area contributed by atoms with Crippen molar-refractivity contribution in [3.05, 3.63) is 0 Å². The Kier molecular flexibility index (Phi) is 6.51. The predicted molar refractivity (Wildman–Crippen MR) is 46.8 cm³/mol. The molecule has 0 aromatic rings. The highest BCUT2D eigenvalue weighted by Crippen LogP contribution is 2.00. The van der Waals surface area contributed by atoms with Gasteiger partial charge in [0.2, 0.25) is 0 Å². The fourth-order valence-electron chi connectivity index (χ4n) is 0.717. The molecule has 0 bridgehead atoms. The molecule has 0 saturated heterocycles. The van der Waals surface area contributed by atoms with E-state index in [0.717, 1.165) is 0 Å². The van der Waals surface area contributed by atoms with Gasteiger partial charge in [-0.25, -0.2) is 0 Å². The van der Waals surface area contributed by atoms with Crippen LogP contribution in [-0.4, -0.2) is 22.9 Å². The molecule has 1 atom stereocenters. The summed E-state index contributed by atoms with van der Waals surface area (Å²) < 4.78 is 0. The molecule has 0 saturated carbocycles. The summed E-state index contributed by atoms with van der Waals surface area (Å²) >= 11 is 0. The topological polar surface area (TPSA) is 80.4 Å². The quantitative estimate of drug-likeness (QED) is 0.657. The zero-order chi connectivity index (χ0) is 9.02. The largest absolute Gasteiger partial charge is 0.481 e. The van der Waals surface area contributed by atoms with Crippen molar-refractivity contribution in [2.24, 2.45) is 11.7 Å². The number of carbonyl (C=O) groups excluding carboxylic acids is 1. The molecule has 0 aliphatic heterocycles. The minimum Gasteiger partial charge on any atom is -0.481 e. The van der Waals surface area contributed by atoms with Gasteiger partial charge in [0.05, 0.1) is 12.5 Å². The predicted octanol–water partition coefficient (Wildman–Crippen LogP) is 0.650. The normalized spacial score (nSPS) is 12.0. The average Bonchev–Trinajstić information content (AvgIpc) is 1.84. The molecule has 3 N–H and O–H groups in total. The first-order valence-electron chi connectivity index (χ1n) is 3.46. The Morgan fingerprint density at radius 3 is 2.08 bits per heavy atom. The highest BCUT2D eigenvalue weighted by Gasteiger charge is 2.19. The molecule has 0 radical (unpaired) electrons. The maximum Gasteiger partial charge on any atom is 0.305 e. The van der Waals surface area contributed by atoms with Crippen LogP contribution in [0.1, 0.15) is 27.7 Å². The first-order chi connectivity index (χ1) is 4.95. The monoisotopic (exact) mass is 175 g/mol. The Morgan fingerprint density at radius 1 is 1.42 bits per heavy atom. The van der Waals surface area contributed by atoms with E-state index in [-0.39, 0.29) is 25.5 Å². The van der Waals surface area contributed by atoms with Crippen LogP contribution in [0.4, 0.5) is 0 Å². The molecule has 0 heterocycles. The summed E-state index contributed by atoms with van der Waals surface area (Å²) in [5.74, 6) is -1.43. The SMILES string of the molecule is C.CC(C)C(=O)[C@H](N)CC(=O)O. The summed E-state index contributed by atoms with van der Waals surface area (Å²) in [5.41, 5.74) is 5.29. The average molecular weight is 175 g/mol. The molecule has 0 aliphatic carbocycles. The van der Waals surface area contributed by atoms with Gasteiger partial charge in [-0.1, -0.05) is 21.3 Å². The van der Waals surface area contributed by atoms with Gasteiger partial charge in [0.25, 0.3) is 0 Å². The molecule has 4 nitrogen and oxygen atoms in total. The van der Waals surface area contributed by atoms with Crippen molar-refractivity contribution in [3.63, 3.8) is 0 Å². The fourth-order valence-corrected chi connectivity index (χ4v) is 0.717. The number of aliphatic carboxylic acids is 1. The summed E-state index contributed by atoms with van der Waals surface area (Å²) in [6, 6.07) is -0.854. The Balaban J connectivity index is 0. The first kappa shape index (κ1) is 13.7. The van der Waals surface area contributed by atoms with Gasteiger partial charge in [-0.15, -0.1) is 0 Å². The van der Waals surface area contributed by atoms with Gasteiger partial charge in [-0.05, 0) is 0 Å². The summed E-state index contributed by atoms with van der Waals surface area (Å²) in [5, 5.41) is 8.28. The summed E-state index contributed by atoms with van der Waals surface area (Å²) in [6.45, 7) is 3.40. The third-order valence-corrected chi connectivity index (χ3v) is 1.33. The van der Waals surface area contributed by atoms with Crippen molar-refractivity contribution in [1.82, 2.24) is 0 Å². The number of carbonyl (C=O) groups is 2. The molecular formula is C8H17NO3. The Morgan fingerprint density at radius 2 is 1.83 bits per heavy atom. The van der Waals surface area contributed by atoms with Gasteiger partial charge < -0.3 is 10.8 Å². The molecule has 72 valence electrons. The highest BCUT2D eigenvalue weighted by atomic mass is 16.4. The summed E-state index contributed by atoms with van der Waals surface area (Å²) in [7, 11) is 0. The Labute approximate surface area is 72.8 Å². The van der Waals surface area contributed by atoms with E-state index in [2.05, 4.69) is 0 Å². The van der Waals surface area contributed by atoms with Crippen LogP contribution >= 0.6 is 0 Å². The van der Waals surface area contributed by atoms with Gasteiger partial charge in [-0.2, -0.15) is 0 Å². The second-order valence-electron chi connectivity index (χ2n) is 2.76. The molecule has 0 aliphatic rings. The molecule has 0 amide bonds. The lowest BCUT2D eigenvalue weighted by atomic mass is 10.0. The number of Topliss-reactive ketones (excluding diaryl/α,β-unsaturated/α-hetero) is 1. The minimum absolute atomic E-state index is 0. The van der Waals surface area contributed by atoms with Crippen LogP contribution in [0.2, 0.25) is 0 Å². The standard InChI is InChI=1S/C7H13NO3.CH4/c1-4(2)7(11)5(8)3-6(9)10;/h4-5H,3,8H2,1-2H3,(H,9,10);1H4/t5-;/m1./s1. The van der Waals surface area contributed by atoms with Crippen LogP contribution in [0.25, 0.3) is 0 Å². The molecule has 0 spiro atoms. The Bertz CT molecular complexity index is 166. The lowest BCUT2D eigenvalue weighted by Crippen LogP contribution is -2.35. The zero-order valence-electron chi connectivity index (χ0n) is 6.70. The maximum atomic E-state index is 11.0. The molecule has 0 rings (SSSR count). The van der Waals surface area contributed by atoms with E-state index in [9.17, 15) is 9.59 Å². The van der Waals surface area contributed by atoms with Crippen molar-refractivity contribution in [2.75, 3.05) is 0 Å². The molecule has 0 aromatic heterocycles. The van der Waals surface area contributed by atoms with Gasteiger partial charge in [-0.3, -0.25) is 9.59 Å². The van der Waals surface area contributed by atoms with Crippen LogP contribution in [0.5, 0.6) is 0 Å². The van der Waals surface area contributed by atoms with Crippen molar-refractivity contribution >= 4 is 11.8 Å². The zero-order valence-corrected chi connectivity index (χ0v) is 6.70.